The Morgan fingerprint density at radius 1 is 0.448 bits per heavy atom. The minimum absolute atomic E-state index is 0.0243. The fourth-order valence-electron chi connectivity index (χ4n) is 4.79. The number of hydrogen-bond donors (Lipinski definition) is 15. The van der Waals surface area contributed by atoms with Gasteiger partial charge in [-0.25, -0.2) is 28.8 Å². The second-order valence-electron chi connectivity index (χ2n) is 12.7. The summed E-state index contributed by atoms with van der Waals surface area (Å²) in [5.74, 6) is -10.5. The molecular weight excluding hydrogens is 800 g/mol. The molecule has 0 bridgehead atoms. The zero-order valence-electron chi connectivity index (χ0n) is 31.3. The molecule has 0 aliphatic rings. The van der Waals surface area contributed by atoms with E-state index in [1.165, 1.54) is 0 Å². The van der Waals surface area contributed by atoms with Crippen LogP contribution in [-0.2, 0) is 43.2 Å². The van der Waals surface area contributed by atoms with E-state index in [4.69, 9.17) is 21.1 Å². The normalized spacial score (nSPS) is 13.8. The number of carbonyl (C=O) groups is 11. The number of aliphatic carboxylic acids is 6. The maximum atomic E-state index is 13.0. The average Bonchev–Trinajstić information content (AvgIpc) is 3.13. The van der Waals surface area contributed by atoms with Crippen LogP contribution in [-0.4, -0.2) is 151 Å². The molecule has 15 N–H and O–H groups in total. The van der Waals surface area contributed by atoms with Gasteiger partial charge in [-0.15, -0.1) is 0 Å². The van der Waals surface area contributed by atoms with Crippen LogP contribution in [0.2, 0.25) is 0 Å². The molecule has 0 rings (SSSR count). The van der Waals surface area contributed by atoms with Crippen molar-refractivity contribution in [2.75, 3.05) is 18.8 Å². The first-order valence-electron chi connectivity index (χ1n) is 17.9. The Labute approximate surface area is 336 Å². The second kappa shape index (κ2) is 28.5. The van der Waals surface area contributed by atoms with Gasteiger partial charge in [0.25, 0.3) is 0 Å². The van der Waals surface area contributed by atoms with Crippen LogP contribution >= 0.6 is 12.6 Å². The second-order valence-corrected chi connectivity index (χ2v) is 13.1. The van der Waals surface area contributed by atoms with Gasteiger partial charge in [-0.05, 0) is 57.8 Å². The number of carboxylic acid groups (broad SMARTS) is 6. The number of urea groups is 2. The number of amides is 7. The van der Waals surface area contributed by atoms with Crippen molar-refractivity contribution >= 4 is 78.2 Å². The van der Waals surface area contributed by atoms with E-state index in [-0.39, 0.29) is 70.2 Å². The van der Waals surface area contributed by atoms with E-state index in [9.17, 15) is 68.1 Å². The summed E-state index contributed by atoms with van der Waals surface area (Å²) in [5, 5.41) is 70.5. The predicted octanol–water partition coefficient (Wildman–Crippen LogP) is -2.78. The molecule has 328 valence electrons. The van der Waals surface area contributed by atoms with Gasteiger partial charge in [0.15, 0.2) is 0 Å². The van der Waals surface area contributed by atoms with Crippen molar-refractivity contribution in [2.45, 2.75) is 113 Å². The highest BCUT2D eigenvalue weighted by Crippen LogP contribution is 2.06. The lowest BCUT2D eigenvalue weighted by atomic mass is 10.1. The molecule has 0 aliphatic carbocycles. The van der Waals surface area contributed by atoms with E-state index >= 15 is 0 Å². The van der Waals surface area contributed by atoms with Crippen molar-refractivity contribution in [3.8, 4) is 0 Å². The highest BCUT2D eigenvalue weighted by molar-refractivity contribution is 7.80. The molecule has 0 fully saturated rings. The molecule has 26 heteroatoms. The number of carbonyl (C=O) groups excluding carboxylic acids is 5. The average molecular weight is 853 g/mol. The lowest BCUT2D eigenvalue weighted by Gasteiger charge is -2.20. The Hall–Kier alpha value is -5.92. The monoisotopic (exact) mass is 852 g/mol. The number of carboxylic acids is 6. The van der Waals surface area contributed by atoms with Crippen LogP contribution < -0.4 is 43.0 Å². The molecule has 0 spiro atoms. The third-order valence-corrected chi connectivity index (χ3v) is 8.39. The highest BCUT2D eigenvalue weighted by Gasteiger charge is 2.27. The number of unbranched alkanes of at least 4 members (excludes halogenated alkanes) is 2. The summed E-state index contributed by atoms with van der Waals surface area (Å²) in [5.41, 5.74) is 5.69. The van der Waals surface area contributed by atoms with Gasteiger partial charge in [-0.3, -0.25) is 24.0 Å². The molecule has 6 atom stereocenters. The van der Waals surface area contributed by atoms with Gasteiger partial charge in [-0.1, -0.05) is 0 Å². The van der Waals surface area contributed by atoms with Crippen LogP contribution in [0.1, 0.15) is 77.0 Å². The van der Waals surface area contributed by atoms with Gasteiger partial charge in [0.05, 0.1) is 6.04 Å². The minimum atomic E-state index is -1.58. The molecule has 58 heavy (non-hydrogen) atoms. The number of rotatable bonds is 31. The van der Waals surface area contributed by atoms with Crippen LogP contribution in [0.15, 0.2) is 0 Å². The first kappa shape index (κ1) is 52.1. The number of nitrogens with two attached hydrogens (primary N) is 1. The fraction of sp³-hybridized carbons (Fsp3) is 0.656. The van der Waals surface area contributed by atoms with Gasteiger partial charge in [0.2, 0.25) is 17.7 Å². The third kappa shape index (κ3) is 23.9. The molecule has 0 aromatic heterocycles. The van der Waals surface area contributed by atoms with Crippen molar-refractivity contribution in [2.24, 2.45) is 5.73 Å². The molecule has 0 heterocycles. The summed E-state index contributed by atoms with van der Waals surface area (Å²) in [7, 11) is 0. The van der Waals surface area contributed by atoms with E-state index in [2.05, 4.69) is 39.2 Å². The lowest BCUT2D eigenvalue weighted by molar-refractivity contribution is -0.142. The zero-order valence-corrected chi connectivity index (χ0v) is 32.2. The summed E-state index contributed by atoms with van der Waals surface area (Å²) in [6.07, 6.45) is -1.94. The molecule has 0 saturated carbocycles. The van der Waals surface area contributed by atoms with E-state index in [1.54, 1.807) is 0 Å². The molecular formula is C32H52N8O17S. The Balaban J connectivity index is 4.97. The lowest BCUT2D eigenvalue weighted by Crippen LogP contribution is -2.52. The third-order valence-electron chi connectivity index (χ3n) is 7.99. The van der Waals surface area contributed by atoms with Crippen LogP contribution in [0.3, 0.4) is 0 Å². The van der Waals surface area contributed by atoms with Crippen molar-refractivity contribution < 1.29 is 83.4 Å². The van der Waals surface area contributed by atoms with E-state index in [0.29, 0.717) is 0 Å². The van der Waals surface area contributed by atoms with Gasteiger partial charge in [0.1, 0.15) is 30.2 Å². The van der Waals surface area contributed by atoms with E-state index < -0.39 is 128 Å². The fourth-order valence-corrected chi connectivity index (χ4v) is 4.95. The summed E-state index contributed by atoms with van der Waals surface area (Å²) >= 11 is 3.95. The molecule has 4 unspecified atom stereocenters. The topological polar surface area (TPSA) is 419 Å². The molecule has 0 radical (unpaired) electrons. The number of hydrogen-bond acceptors (Lipinski definition) is 13. The predicted molar refractivity (Wildman–Crippen MR) is 199 cm³/mol. The van der Waals surface area contributed by atoms with Crippen LogP contribution in [0.4, 0.5) is 9.59 Å². The first-order valence-corrected chi connectivity index (χ1v) is 18.5. The molecule has 0 aromatic carbocycles. The summed E-state index contributed by atoms with van der Waals surface area (Å²) < 4.78 is 0. The minimum Gasteiger partial charge on any atom is -0.481 e. The number of nitrogens with one attached hydrogen (secondary N) is 7. The highest BCUT2D eigenvalue weighted by atomic mass is 32.1. The maximum absolute atomic E-state index is 13.0. The molecule has 25 nitrogen and oxygen atoms in total. The molecule has 0 aromatic rings. The summed E-state index contributed by atoms with van der Waals surface area (Å²) in [4.78, 5) is 129. The van der Waals surface area contributed by atoms with Gasteiger partial charge in [0, 0.05) is 38.1 Å². The maximum Gasteiger partial charge on any atom is 0.326 e. The van der Waals surface area contributed by atoms with Crippen LogP contribution in [0.25, 0.3) is 0 Å². The number of thiol groups is 1. The Bertz CT molecular complexity index is 1470. The molecule has 0 saturated heterocycles. The molecule has 0 aliphatic heterocycles. The van der Waals surface area contributed by atoms with Crippen LogP contribution in [0, 0.1) is 0 Å². The van der Waals surface area contributed by atoms with Crippen molar-refractivity contribution in [3.05, 3.63) is 0 Å². The molecule has 7 amide bonds. The Morgan fingerprint density at radius 3 is 1.17 bits per heavy atom. The SMILES string of the molecule is NC(CS)C(=O)NC(CCC(=O)NCCCCC(NC(=O)N[C@@H](CCC(=O)O)C(=O)O)C(=O)O)C(=O)NCCCCC(NC(=O)N[C@@H](CCC(=O)O)C(=O)O)C(=O)O. The summed E-state index contributed by atoms with van der Waals surface area (Å²) in [6, 6.07) is -10.6. The van der Waals surface area contributed by atoms with Gasteiger partial charge >= 0.3 is 47.9 Å². The van der Waals surface area contributed by atoms with Crippen molar-refractivity contribution in [3.63, 3.8) is 0 Å². The van der Waals surface area contributed by atoms with E-state index in [1.807, 2.05) is 10.6 Å². The van der Waals surface area contributed by atoms with Gasteiger partial charge in [-0.2, -0.15) is 12.6 Å². The van der Waals surface area contributed by atoms with Gasteiger partial charge < -0.3 is 73.6 Å². The van der Waals surface area contributed by atoms with Crippen molar-refractivity contribution in [1.82, 2.24) is 37.2 Å². The standard InChI is InChI=1S/C32H52N8O17S/c33-16(15-58)25(46)36-17(26(47)35-14-4-2-6-19(28(50)51)38-32(57)40-21(30(54)55)9-12-24(44)45)7-10-22(41)34-13-3-1-5-18(27(48)49)37-31(56)39-20(29(52)53)8-11-23(42)43/h16-21,58H,1-15,33H2,(H,34,41)(H,35,47)(H,36,46)(H,42,43)(H,44,45)(H,48,49)(H,50,51)(H,52,53)(H,54,55)(H2,37,39,56)(H2,38,40,57)/t16?,17?,18?,19?,20-,21-/m0/s1. The quantitative estimate of drug-likeness (QED) is 0.0248. The summed E-state index contributed by atoms with van der Waals surface area (Å²) in [6.45, 7) is 0.0314. The first-order chi connectivity index (χ1) is 27.2. The zero-order chi connectivity index (χ0) is 44.4. The van der Waals surface area contributed by atoms with Crippen LogP contribution in [0.5, 0.6) is 0 Å². The smallest absolute Gasteiger partial charge is 0.326 e. The van der Waals surface area contributed by atoms with E-state index in [0.717, 1.165) is 0 Å². The Kier molecular flexibility index (Phi) is 25.6. The largest absolute Gasteiger partial charge is 0.481 e. The van der Waals surface area contributed by atoms with Crippen molar-refractivity contribution in [1.29, 1.82) is 0 Å². The Morgan fingerprint density at radius 2 is 0.810 bits per heavy atom.